The summed E-state index contributed by atoms with van der Waals surface area (Å²) in [5, 5.41) is 0. The van der Waals surface area contributed by atoms with Crippen molar-refractivity contribution in [3.63, 3.8) is 0 Å². The van der Waals surface area contributed by atoms with Crippen LogP contribution in [0.1, 0.15) is 46.5 Å². The van der Waals surface area contributed by atoms with Gasteiger partial charge in [0.1, 0.15) is 6.61 Å². The predicted octanol–water partition coefficient (Wildman–Crippen LogP) is 2.99. The van der Waals surface area contributed by atoms with Gasteiger partial charge in [-0.05, 0) is 25.7 Å². The topological polar surface area (TPSA) is 49.9 Å². The van der Waals surface area contributed by atoms with Crippen molar-refractivity contribution in [1.82, 2.24) is 9.80 Å². The van der Waals surface area contributed by atoms with Gasteiger partial charge in [0.2, 0.25) is 0 Å². The summed E-state index contributed by atoms with van der Waals surface area (Å²) in [6.07, 6.45) is 3.68. The van der Waals surface area contributed by atoms with E-state index in [1.807, 2.05) is 9.80 Å². The highest BCUT2D eigenvalue weighted by atomic mass is 32.2. The lowest BCUT2D eigenvalue weighted by atomic mass is 9.97. The molecule has 0 aliphatic carbocycles. The molecule has 2 saturated heterocycles. The number of urea groups is 1. The van der Waals surface area contributed by atoms with E-state index in [4.69, 9.17) is 4.74 Å². The van der Waals surface area contributed by atoms with Crippen LogP contribution >= 0.6 is 11.8 Å². The normalized spacial score (nSPS) is 20.0. The zero-order valence-electron chi connectivity index (χ0n) is 14.7. The summed E-state index contributed by atoms with van der Waals surface area (Å²) >= 11 is 1.80. The quantitative estimate of drug-likeness (QED) is 0.582. The number of rotatable bonds is 4. The highest BCUT2D eigenvalue weighted by Crippen LogP contribution is 2.24. The average Bonchev–Trinajstić information content (AvgIpc) is 3.04. The first-order valence-electron chi connectivity index (χ1n) is 8.71. The smallest absolute Gasteiger partial charge is 0.319 e. The zero-order chi connectivity index (χ0) is 16.9. The lowest BCUT2D eigenvalue weighted by Crippen LogP contribution is -2.46. The number of carbonyl (C=O) groups is 2. The molecule has 0 saturated carbocycles. The summed E-state index contributed by atoms with van der Waals surface area (Å²) in [6, 6.07) is 0.149. The number of thioether (sulfide) groups is 1. The van der Waals surface area contributed by atoms with Crippen molar-refractivity contribution in [1.29, 1.82) is 0 Å². The molecule has 2 fully saturated rings. The summed E-state index contributed by atoms with van der Waals surface area (Å²) in [5.74, 6) is 0.701. The molecule has 0 aromatic carbocycles. The number of hydrogen-bond donors (Lipinski definition) is 0. The van der Waals surface area contributed by atoms with Gasteiger partial charge in [-0.1, -0.05) is 20.8 Å². The number of hydrogen-bond acceptors (Lipinski definition) is 4. The maximum absolute atomic E-state index is 12.3. The standard InChI is InChI=1S/C17H30N2O3S/c1-17(2,3)23-13-12-22-15(20)14-6-10-19(11-7-14)16(21)18-8-4-5-9-18/h14H,4-13H2,1-3H3. The number of amides is 2. The van der Waals surface area contributed by atoms with Gasteiger partial charge in [-0.25, -0.2) is 4.79 Å². The van der Waals surface area contributed by atoms with Gasteiger partial charge >= 0.3 is 12.0 Å². The molecular formula is C17H30N2O3S. The Labute approximate surface area is 144 Å². The van der Waals surface area contributed by atoms with Gasteiger partial charge < -0.3 is 14.5 Å². The van der Waals surface area contributed by atoms with Gasteiger partial charge in [0.25, 0.3) is 0 Å². The van der Waals surface area contributed by atoms with Crippen molar-refractivity contribution >= 4 is 23.8 Å². The van der Waals surface area contributed by atoms with E-state index in [9.17, 15) is 9.59 Å². The largest absolute Gasteiger partial charge is 0.465 e. The molecule has 0 aromatic rings. The van der Waals surface area contributed by atoms with E-state index < -0.39 is 0 Å². The maximum atomic E-state index is 12.3. The molecule has 0 spiro atoms. The Bertz CT molecular complexity index is 409. The van der Waals surface area contributed by atoms with E-state index in [-0.39, 0.29) is 22.7 Å². The molecule has 5 nitrogen and oxygen atoms in total. The molecule has 2 aliphatic rings. The first-order valence-corrected chi connectivity index (χ1v) is 9.70. The minimum absolute atomic E-state index is 0.0442. The molecule has 0 bridgehead atoms. The molecule has 2 amide bonds. The van der Waals surface area contributed by atoms with Crippen molar-refractivity contribution in [2.45, 2.75) is 51.2 Å². The van der Waals surface area contributed by atoms with Gasteiger partial charge in [-0.15, -0.1) is 0 Å². The summed E-state index contributed by atoms with van der Waals surface area (Å²) in [5.41, 5.74) is 0. The molecule has 2 heterocycles. The number of carbonyl (C=O) groups excluding carboxylic acids is 2. The Morgan fingerprint density at radius 2 is 1.61 bits per heavy atom. The molecule has 2 aliphatic heterocycles. The van der Waals surface area contributed by atoms with Crippen LogP contribution in [0.4, 0.5) is 4.79 Å². The monoisotopic (exact) mass is 342 g/mol. The van der Waals surface area contributed by atoms with Crippen LogP contribution in [0.3, 0.4) is 0 Å². The number of likely N-dealkylation sites (tertiary alicyclic amines) is 2. The molecule has 0 N–H and O–H groups in total. The first kappa shape index (κ1) is 18.4. The van der Waals surface area contributed by atoms with Crippen LogP contribution in [0.25, 0.3) is 0 Å². The second-order valence-electron chi connectivity index (χ2n) is 7.37. The lowest BCUT2D eigenvalue weighted by Gasteiger charge is -2.33. The Morgan fingerprint density at radius 1 is 1.04 bits per heavy atom. The fourth-order valence-electron chi connectivity index (χ4n) is 3.02. The second kappa shape index (κ2) is 8.27. The summed E-state index contributed by atoms with van der Waals surface area (Å²) in [7, 11) is 0. The third-order valence-electron chi connectivity index (χ3n) is 4.34. The van der Waals surface area contributed by atoms with Crippen LogP contribution in [0.5, 0.6) is 0 Å². The van der Waals surface area contributed by atoms with Crippen LogP contribution in [0.15, 0.2) is 0 Å². The third-order valence-corrected chi connectivity index (χ3v) is 5.57. The fraction of sp³-hybridized carbons (Fsp3) is 0.882. The number of esters is 1. The van der Waals surface area contributed by atoms with Crippen molar-refractivity contribution in [3.8, 4) is 0 Å². The number of nitrogens with zero attached hydrogens (tertiary/aromatic N) is 2. The predicted molar refractivity (Wildman–Crippen MR) is 93.7 cm³/mol. The summed E-state index contributed by atoms with van der Waals surface area (Å²) in [4.78, 5) is 28.3. The van der Waals surface area contributed by atoms with E-state index in [0.29, 0.717) is 19.7 Å². The van der Waals surface area contributed by atoms with E-state index in [0.717, 1.165) is 44.5 Å². The van der Waals surface area contributed by atoms with E-state index >= 15 is 0 Å². The van der Waals surface area contributed by atoms with Crippen molar-refractivity contribution in [3.05, 3.63) is 0 Å². The molecule has 6 heteroatoms. The fourth-order valence-corrected chi connectivity index (χ4v) is 3.80. The van der Waals surface area contributed by atoms with Crippen molar-refractivity contribution in [2.24, 2.45) is 5.92 Å². The second-order valence-corrected chi connectivity index (χ2v) is 9.29. The molecule has 23 heavy (non-hydrogen) atoms. The Morgan fingerprint density at radius 3 is 2.17 bits per heavy atom. The number of ether oxygens (including phenoxy) is 1. The lowest BCUT2D eigenvalue weighted by molar-refractivity contribution is -0.149. The molecular weight excluding hydrogens is 312 g/mol. The van der Waals surface area contributed by atoms with Crippen LogP contribution in [-0.4, -0.2) is 65.1 Å². The SMILES string of the molecule is CC(C)(C)SCCOC(=O)C1CCN(C(=O)N2CCCC2)CC1. The molecule has 132 valence electrons. The number of piperidine rings is 1. The summed E-state index contributed by atoms with van der Waals surface area (Å²) < 4.78 is 5.60. The van der Waals surface area contributed by atoms with E-state index in [1.54, 1.807) is 11.8 Å². The maximum Gasteiger partial charge on any atom is 0.319 e. The van der Waals surface area contributed by atoms with Crippen LogP contribution in [0.2, 0.25) is 0 Å². The Hall–Kier alpha value is -0.910. The van der Waals surface area contributed by atoms with Gasteiger partial charge in [0.05, 0.1) is 5.92 Å². The van der Waals surface area contributed by atoms with Crippen molar-refractivity contribution in [2.75, 3.05) is 38.5 Å². The first-order chi connectivity index (χ1) is 10.9. The molecule has 0 radical (unpaired) electrons. The molecule has 0 aromatic heterocycles. The highest BCUT2D eigenvalue weighted by Gasteiger charge is 2.31. The van der Waals surface area contributed by atoms with E-state index in [1.165, 1.54) is 0 Å². The van der Waals surface area contributed by atoms with Crippen LogP contribution in [-0.2, 0) is 9.53 Å². The van der Waals surface area contributed by atoms with Crippen LogP contribution < -0.4 is 0 Å². The molecule has 2 rings (SSSR count). The van der Waals surface area contributed by atoms with Crippen molar-refractivity contribution < 1.29 is 14.3 Å². The minimum Gasteiger partial charge on any atom is -0.465 e. The van der Waals surface area contributed by atoms with Gasteiger partial charge in [-0.3, -0.25) is 4.79 Å². The molecule has 0 atom stereocenters. The van der Waals surface area contributed by atoms with Gasteiger partial charge in [0.15, 0.2) is 0 Å². The minimum atomic E-state index is -0.0900. The van der Waals surface area contributed by atoms with Crippen LogP contribution in [0, 0.1) is 5.92 Å². The highest BCUT2D eigenvalue weighted by molar-refractivity contribution is 8.00. The van der Waals surface area contributed by atoms with Gasteiger partial charge in [-0.2, -0.15) is 11.8 Å². The molecule has 0 unspecified atom stereocenters. The zero-order valence-corrected chi connectivity index (χ0v) is 15.5. The average molecular weight is 343 g/mol. The Balaban J connectivity index is 1.65. The van der Waals surface area contributed by atoms with Gasteiger partial charge in [0, 0.05) is 36.7 Å². The third kappa shape index (κ3) is 5.90. The summed E-state index contributed by atoms with van der Waals surface area (Å²) in [6.45, 7) is 10.1. The van der Waals surface area contributed by atoms with E-state index in [2.05, 4.69) is 20.8 Å². The Kier molecular flexibility index (Phi) is 6.62.